The highest BCUT2D eigenvalue weighted by Crippen LogP contribution is 2.64. The Morgan fingerprint density at radius 2 is 1.91 bits per heavy atom. The fraction of sp³-hybridized carbons (Fsp3) is 0.789. The van der Waals surface area contributed by atoms with Crippen molar-refractivity contribution in [3.8, 4) is 0 Å². The summed E-state index contributed by atoms with van der Waals surface area (Å²) in [4.78, 5) is 25.3. The van der Waals surface area contributed by atoms with Crippen molar-refractivity contribution in [1.29, 1.82) is 0 Å². The van der Waals surface area contributed by atoms with Gasteiger partial charge in [-0.1, -0.05) is 13.8 Å². The van der Waals surface area contributed by atoms with E-state index in [-0.39, 0.29) is 28.6 Å². The van der Waals surface area contributed by atoms with E-state index in [9.17, 15) is 14.7 Å². The lowest BCUT2D eigenvalue weighted by atomic mass is 9.45. The van der Waals surface area contributed by atoms with E-state index in [1.165, 1.54) is 0 Å². The Morgan fingerprint density at radius 3 is 2.68 bits per heavy atom. The maximum Gasteiger partial charge on any atom is 0.139 e. The molecule has 0 amide bonds. The summed E-state index contributed by atoms with van der Waals surface area (Å²) in [7, 11) is 0. The number of rotatable bonds is 0. The van der Waals surface area contributed by atoms with Crippen molar-refractivity contribution in [3.63, 3.8) is 0 Å². The number of aliphatic hydroxyl groups is 1. The van der Waals surface area contributed by atoms with Crippen molar-refractivity contribution in [2.45, 2.75) is 58.8 Å². The summed E-state index contributed by atoms with van der Waals surface area (Å²) in [5, 5.41) is 9.88. The number of carbonyl (C=O) groups is 2. The molecule has 6 atom stereocenters. The number of Topliss-reactive ketones (excluding diaryl/α,β-unsaturated/α-hetero) is 2. The van der Waals surface area contributed by atoms with Gasteiger partial charge in [0.15, 0.2) is 0 Å². The van der Waals surface area contributed by atoms with Crippen LogP contribution in [-0.4, -0.2) is 16.7 Å². The fourth-order valence-corrected chi connectivity index (χ4v) is 6.31. The molecule has 4 rings (SSSR count). The molecule has 0 heterocycles. The Bertz CT molecular complexity index is 577. The Hall–Kier alpha value is -1.12. The van der Waals surface area contributed by atoms with Gasteiger partial charge in [0.05, 0.1) is 5.76 Å². The summed E-state index contributed by atoms with van der Waals surface area (Å²) in [6, 6.07) is 0. The zero-order valence-electron chi connectivity index (χ0n) is 13.6. The number of hydrogen-bond donors (Lipinski definition) is 1. The first kappa shape index (κ1) is 14.5. The van der Waals surface area contributed by atoms with Crippen LogP contribution < -0.4 is 0 Å². The molecule has 0 aliphatic heterocycles. The van der Waals surface area contributed by atoms with Gasteiger partial charge in [-0.3, -0.25) is 9.59 Å². The highest BCUT2D eigenvalue weighted by Gasteiger charge is 2.62. The minimum absolute atomic E-state index is 0.0834. The van der Waals surface area contributed by atoms with Crippen molar-refractivity contribution in [2.75, 3.05) is 0 Å². The van der Waals surface area contributed by atoms with Gasteiger partial charge in [-0.2, -0.15) is 0 Å². The summed E-state index contributed by atoms with van der Waals surface area (Å²) < 4.78 is 0. The number of aliphatic hydroxyl groups excluding tert-OH is 1. The molecule has 0 aromatic carbocycles. The van der Waals surface area contributed by atoms with Gasteiger partial charge in [-0.15, -0.1) is 0 Å². The van der Waals surface area contributed by atoms with Crippen LogP contribution in [0.2, 0.25) is 0 Å². The average Bonchev–Trinajstić information content (AvgIpc) is 2.77. The molecular weight excluding hydrogens is 276 g/mol. The molecule has 0 bridgehead atoms. The topological polar surface area (TPSA) is 54.4 Å². The van der Waals surface area contributed by atoms with Gasteiger partial charge >= 0.3 is 0 Å². The van der Waals surface area contributed by atoms with E-state index in [0.717, 1.165) is 25.7 Å². The smallest absolute Gasteiger partial charge is 0.139 e. The van der Waals surface area contributed by atoms with Gasteiger partial charge in [0, 0.05) is 30.6 Å². The summed E-state index contributed by atoms with van der Waals surface area (Å²) in [5.41, 5.74) is -0.121. The van der Waals surface area contributed by atoms with E-state index in [1.807, 2.05) is 6.08 Å². The summed E-state index contributed by atoms with van der Waals surface area (Å²) in [6.07, 6.45) is 7.62. The van der Waals surface area contributed by atoms with Gasteiger partial charge in [0.1, 0.15) is 11.6 Å². The molecule has 3 heteroatoms. The second-order valence-electron chi connectivity index (χ2n) is 8.63. The molecule has 0 spiro atoms. The predicted octanol–water partition coefficient (Wildman–Crippen LogP) is 3.83. The molecule has 0 aromatic rings. The third-order valence-electron chi connectivity index (χ3n) is 7.81. The van der Waals surface area contributed by atoms with Crippen LogP contribution in [0, 0.1) is 34.5 Å². The maximum atomic E-state index is 12.9. The minimum Gasteiger partial charge on any atom is -0.513 e. The van der Waals surface area contributed by atoms with Gasteiger partial charge in [-0.25, -0.2) is 0 Å². The molecule has 3 saturated carbocycles. The second-order valence-corrected chi connectivity index (χ2v) is 8.63. The molecule has 3 nitrogen and oxygen atoms in total. The lowest BCUT2D eigenvalue weighted by Crippen LogP contribution is -2.56. The molecule has 3 fully saturated rings. The van der Waals surface area contributed by atoms with Crippen LogP contribution in [0.5, 0.6) is 0 Å². The number of ketones is 2. The standard InChI is InChI=1S/C19H26O3/c1-18-7-5-12(20)9-11(18)10-15(21)17-13-3-4-16(22)19(13,2)8-6-14(17)18/h5,11,13-14,17,20H,3-4,6-10H2,1-2H3/t11?,13-,14-,17-,18-,19-/m0/s1. The highest BCUT2D eigenvalue weighted by molar-refractivity contribution is 5.90. The van der Waals surface area contributed by atoms with Crippen LogP contribution in [0.4, 0.5) is 0 Å². The predicted molar refractivity (Wildman–Crippen MR) is 83.2 cm³/mol. The SMILES string of the molecule is C[C@]12CC=C(O)CC1CC(=O)[C@@H]1[C@@H]2CC[C@]2(C)C(=O)CC[C@@H]12. The van der Waals surface area contributed by atoms with E-state index in [2.05, 4.69) is 13.8 Å². The van der Waals surface area contributed by atoms with Crippen LogP contribution in [0.25, 0.3) is 0 Å². The van der Waals surface area contributed by atoms with E-state index < -0.39 is 0 Å². The Kier molecular flexibility index (Phi) is 2.93. The summed E-state index contributed by atoms with van der Waals surface area (Å²) in [5.74, 6) is 2.25. The number of allylic oxidation sites excluding steroid dienone is 2. The third-order valence-corrected chi connectivity index (χ3v) is 7.81. The van der Waals surface area contributed by atoms with E-state index in [1.54, 1.807) is 0 Å². The first-order chi connectivity index (χ1) is 10.4. The van der Waals surface area contributed by atoms with Gasteiger partial charge in [0.2, 0.25) is 0 Å². The molecule has 1 unspecified atom stereocenters. The van der Waals surface area contributed by atoms with Crippen LogP contribution in [-0.2, 0) is 9.59 Å². The fourth-order valence-electron chi connectivity index (χ4n) is 6.31. The molecule has 4 aliphatic carbocycles. The lowest BCUT2D eigenvalue weighted by Gasteiger charge is -2.57. The van der Waals surface area contributed by atoms with Crippen LogP contribution in [0.15, 0.2) is 11.8 Å². The van der Waals surface area contributed by atoms with Crippen molar-refractivity contribution in [3.05, 3.63) is 11.8 Å². The lowest BCUT2D eigenvalue weighted by molar-refractivity contribution is -0.153. The maximum absolute atomic E-state index is 12.9. The first-order valence-corrected chi connectivity index (χ1v) is 8.80. The van der Waals surface area contributed by atoms with Crippen molar-refractivity contribution >= 4 is 11.6 Å². The Labute approximate surface area is 132 Å². The molecule has 0 aromatic heterocycles. The van der Waals surface area contributed by atoms with Crippen LogP contribution >= 0.6 is 0 Å². The van der Waals surface area contributed by atoms with Crippen molar-refractivity contribution in [2.24, 2.45) is 34.5 Å². The Balaban J connectivity index is 1.73. The Morgan fingerprint density at radius 1 is 1.14 bits per heavy atom. The first-order valence-electron chi connectivity index (χ1n) is 8.80. The molecule has 4 aliphatic rings. The second kappa shape index (κ2) is 4.46. The number of hydrogen-bond acceptors (Lipinski definition) is 3. The normalized spacial score (nSPS) is 50.9. The van der Waals surface area contributed by atoms with Gasteiger partial charge in [0.25, 0.3) is 0 Å². The minimum atomic E-state index is -0.243. The van der Waals surface area contributed by atoms with E-state index in [0.29, 0.717) is 42.5 Å². The van der Waals surface area contributed by atoms with Crippen molar-refractivity contribution in [1.82, 2.24) is 0 Å². The van der Waals surface area contributed by atoms with E-state index in [4.69, 9.17) is 0 Å². The zero-order valence-corrected chi connectivity index (χ0v) is 13.6. The zero-order chi connectivity index (χ0) is 15.7. The number of fused-ring (bicyclic) bond motifs is 5. The number of carbonyl (C=O) groups excluding carboxylic acids is 2. The highest BCUT2D eigenvalue weighted by atomic mass is 16.3. The summed E-state index contributed by atoms with van der Waals surface area (Å²) in [6.45, 7) is 4.43. The molecule has 0 radical (unpaired) electrons. The average molecular weight is 302 g/mol. The van der Waals surface area contributed by atoms with Gasteiger partial charge in [-0.05, 0) is 54.9 Å². The molecular formula is C19H26O3. The summed E-state index contributed by atoms with van der Waals surface area (Å²) >= 11 is 0. The molecule has 22 heavy (non-hydrogen) atoms. The van der Waals surface area contributed by atoms with Crippen LogP contribution in [0.3, 0.4) is 0 Å². The molecule has 0 saturated heterocycles. The largest absolute Gasteiger partial charge is 0.513 e. The monoisotopic (exact) mass is 302 g/mol. The van der Waals surface area contributed by atoms with Crippen molar-refractivity contribution < 1.29 is 14.7 Å². The van der Waals surface area contributed by atoms with Gasteiger partial charge < -0.3 is 5.11 Å². The molecule has 1 N–H and O–H groups in total. The van der Waals surface area contributed by atoms with Crippen LogP contribution in [0.1, 0.15) is 58.8 Å². The quantitative estimate of drug-likeness (QED) is 0.740. The van der Waals surface area contributed by atoms with E-state index >= 15 is 0 Å². The third kappa shape index (κ3) is 1.68. The molecule has 120 valence electrons.